The van der Waals surface area contributed by atoms with Gasteiger partial charge in [-0.25, -0.2) is 21.6 Å². The van der Waals surface area contributed by atoms with Crippen LogP contribution in [0.1, 0.15) is 25.7 Å². The molecule has 2 aromatic carbocycles. The van der Waals surface area contributed by atoms with Gasteiger partial charge in [0.15, 0.2) is 0 Å². The smallest absolute Gasteiger partial charge is 0.246 e. The largest absolute Gasteiger partial charge is 0.370 e. The molecule has 0 unspecified atom stereocenters. The van der Waals surface area contributed by atoms with Gasteiger partial charge in [0.1, 0.15) is 28.0 Å². The van der Waals surface area contributed by atoms with Crippen LogP contribution in [-0.2, 0) is 14.8 Å². The number of halogens is 3. The van der Waals surface area contributed by atoms with Crippen LogP contribution in [0.4, 0.5) is 24.5 Å². The van der Waals surface area contributed by atoms with Crippen LogP contribution in [-0.4, -0.2) is 44.8 Å². The van der Waals surface area contributed by atoms with Crippen LogP contribution in [0.15, 0.2) is 41.3 Å². The average molecular weight is 468 g/mol. The standard InChI is InChI=1S/C22H24F3N3O3S/c23-16-6-7-17(24)20(14-16)32(30,31)28-12-8-15(9-13-28)22(29)26-21-18(25)4-3-5-19(21)27-10-1-2-11-27/h3-7,14-15H,1-2,8-13H2,(H,26,29). The van der Waals surface area contributed by atoms with E-state index in [9.17, 15) is 26.4 Å². The molecule has 0 bridgehead atoms. The maximum atomic E-state index is 14.5. The molecular formula is C22H24F3N3O3S. The van der Waals surface area contributed by atoms with E-state index in [0.717, 1.165) is 42.4 Å². The maximum Gasteiger partial charge on any atom is 0.246 e. The molecule has 1 amide bonds. The molecule has 2 aromatic rings. The molecule has 172 valence electrons. The molecule has 2 heterocycles. The molecule has 2 saturated heterocycles. The molecular weight excluding hydrogens is 443 g/mol. The number of carbonyl (C=O) groups is 1. The van der Waals surface area contributed by atoms with Gasteiger partial charge in [-0.2, -0.15) is 4.31 Å². The third-order valence-electron chi connectivity index (χ3n) is 6.02. The number of amides is 1. The summed E-state index contributed by atoms with van der Waals surface area (Å²) in [5.41, 5.74) is 0.772. The first kappa shape index (κ1) is 22.6. The summed E-state index contributed by atoms with van der Waals surface area (Å²) >= 11 is 0. The van der Waals surface area contributed by atoms with Crippen LogP contribution in [0.3, 0.4) is 0 Å². The number of benzene rings is 2. The lowest BCUT2D eigenvalue weighted by Gasteiger charge is -2.31. The Morgan fingerprint density at radius 1 is 0.938 bits per heavy atom. The molecule has 2 aliphatic rings. The van der Waals surface area contributed by atoms with E-state index in [0.29, 0.717) is 11.8 Å². The predicted octanol–water partition coefficient (Wildman–Crippen LogP) is 3.74. The lowest BCUT2D eigenvalue weighted by atomic mass is 9.97. The molecule has 0 spiro atoms. The molecule has 0 aliphatic carbocycles. The second kappa shape index (κ2) is 9.11. The molecule has 0 saturated carbocycles. The molecule has 0 aromatic heterocycles. The van der Waals surface area contributed by atoms with Gasteiger partial charge in [-0.3, -0.25) is 4.79 Å². The van der Waals surface area contributed by atoms with Crippen molar-refractivity contribution < 1.29 is 26.4 Å². The first-order valence-electron chi connectivity index (χ1n) is 10.6. The number of nitrogens with one attached hydrogen (secondary N) is 1. The number of hydrogen-bond acceptors (Lipinski definition) is 4. The minimum atomic E-state index is -4.23. The van der Waals surface area contributed by atoms with E-state index in [4.69, 9.17) is 0 Å². The molecule has 2 fully saturated rings. The third-order valence-corrected chi connectivity index (χ3v) is 7.94. The van der Waals surface area contributed by atoms with Crippen molar-refractivity contribution in [3.05, 3.63) is 53.8 Å². The van der Waals surface area contributed by atoms with Gasteiger partial charge in [-0.05, 0) is 56.0 Å². The highest BCUT2D eigenvalue weighted by molar-refractivity contribution is 7.89. The second-order valence-corrected chi connectivity index (χ2v) is 9.98. The van der Waals surface area contributed by atoms with E-state index >= 15 is 0 Å². The molecule has 4 rings (SSSR count). The molecule has 0 atom stereocenters. The Labute approximate surface area is 185 Å². The zero-order valence-electron chi connectivity index (χ0n) is 17.4. The number of para-hydroxylation sites is 1. The summed E-state index contributed by atoms with van der Waals surface area (Å²) in [6.07, 6.45) is 2.39. The minimum Gasteiger partial charge on any atom is -0.370 e. The number of hydrogen-bond donors (Lipinski definition) is 1. The Bertz CT molecular complexity index is 1110. The van der Waals surface area contributed by atoms with Crippen molar-refractivity contribution in [1.29, 1.82) is 0 Å². The molecule has 0 radical (unpaired) electrons. The summed E-state index contributed by atoms with van der Waals surface area (Å²) in [5, 5.41) is 2.69. The normalized spacial score (nSPS) is 18.2. The van der Waals surface area contributed by atoms with Crippen molar-refractivity contribution in [1.82, 2.24) is 4.31 Å². The van der Waals surface area contributed by atoms with Crippen molar-refractivity contribution in [3.8, 4) is 0 Å². The van der Waals surface area contributed by atoms with E-state index in [1.807, 2.05) is 4.90 Å². The van der Waals surface area contributed by atoms with Crippen molar-refractivity contribution in [2.75, 3.05) is 36.4 Å². The van der Waals surface area contributed by atoms with E-state index < -0.39 is 38.3 Å². The number of nitrogens with zero attached hydrogens (tertiary/aromatic N) is 2. The van der Waals surface area contributed by atoms with Crippen LogP contribution in [0.5, 0.6) is 0 Å². The summed E-state index contributed by atoms with van der Waals surface area (Å²) in [4.78, 5) is 14.1. The van der Waals surface area contributed by atoms with Crippen LogP contribution < -0.4 is 10.2 Å². The lowest BCUT2D eigenvalue weighted by molar-refractivity contribution is -0.120. The molecule has 1 N–H and O–H groups in total. The number of piperidine rings is 1. The zero-order valence-corrected chi connectivity index (χ0v) is 18.2. The van der Waals surface area contributed by atoms with Gasteiger partial charge < -0.3 is 10.2 Å². The zero-order chi connectivity index (χ0) is 22.9. The van der Waals surface area contributed by atoms with Gasteiger partial charge >= 0.3 is 0 Å². The van der Waals surface area contributed by atoms with Crippen LogP contribution in [0.2, 0.25) is 0 Å². The Balaban J connectivity index is 1.44. The number of rotatable bonds is 5. The highest BCUT2D eigenvalue weighted by Gasteiger charge is 2.34. The first-order valence-corrected chi connectivity index (χ1v) is 12.0. The Kier molecular flexibility index (Phi) is 6.43. The quantitative estimate of drug-likeness (QED) is 0.728. The van der Waals surface area contributed by atoms with Crippen LogP contribution >= 0.6 is 0 Å². The monoisotopic (exact) mass is 467 g/mol. The summed E-state index contributed by atoms with van der Waals surface area (Å²) in [6, 6.07) is 6.94. The third kappa shape index (κ3) is 4.47. The highest BCUT2D eigenvalue weighted by atomic mass is 32.2. The Morgan fingerprint density at radius 2 is 1.62 bits per heavy atom. The fourth-order valence-electron chi connectivity index (χ4n) is 4.26. The molecule has 10 heteroatoms. The minimum absolute atomic E-state index is 0.0212. The van der Waals surface area contributed by atoms with Crippen molar-refractivity contribution in [2.45, 2.75) is 30.6 Å². The van der Waals surface area contributed by atoms with Gasteiger partial charge in [-0.15, -0.1) is 0 Å². The maximum absolute atomic E-state index is 14.5. The van der Waals surface area contributed by atoms with Crippen molar-refractivity contribution in [3.63, 3.8) is 0 Å². The summed E-state index contributed by atoms with van der Waals surface area (Å²) in [6.45, 7) is 1.54. The molecule has 2 aliphatic heterocycles. The van der Waals surface area contributed by atoms with Crippen molar-refractivity contribution >= 4 is 27.3 Å². The Hall–Kier alpha value is -2.59. The van der Waals surface area contributed by atoms with Crippen LogP contribution in [0, 0.1) is 23.4 Å². The topological polar surface area (TPSA) is 69.7 Å². The van der Waals surface area contributed by atoms with Crippen molar-refractivity contribution in [2.24, 2.45) is 5.92 Å². The van der Waals surface area contributed by atoms with E-state index in [-0.39, 0.29) is 37.5 Å². The predicted molar refractivity (Wildman–Crippen MR) is 114 cm³/mol. The number of carbonyl (C=O) groups excluding carboxylic acids is 1. The van der Waals surface area contributed by atoms with Crippen LogP contribution in [0.25, 0.3) is 0 Å². The second-order valence-electron chi connectivity index (χ2n) is 8.07. The number of anilines is 2. The fourth-order valence-corrected chi connectivity index (χ4v) is 5.80. The molecule has 6 nitrogen and oxygen atoms in total. The average Bonchev–Trinajstić information content (AvgIpc) is 3.31. The highest BCUT2D eigenvalue weighted by Crippen LogP contribution is 2.33. The summed E-state index contributed by atoms with van der Waals surface area (Å²) in [7, 11) is -4.23. The van der Waals surface area contributed by atoms with E-state index in [1.165, 1.54) is 6.07 Å². The van der Waals surface area contributed by atoms with Gasteiger partial charge in [-0.1, -0.05) is 6.07 Å². The summed E-state index contributed by atoms with van der Waals surface area (Å²) in [5.74, 6) is -3.31. The Morgan fingerprint density at radius 3 is 2.31 bits per heavy atom. The molecule has 32 heavy (non-hydrogen) atoms. The van der Waals surface area contributed by atoms with E-state index in [1.54, 1.807) is 12.1 Å². The van der Waals surface area contributed by atoms with Gasteiger partial charge in [0.05, 0.1) is 5.69 Å². The first-order chi connectivity index (χ1) is 15.3. The van der Waals surface area contributed by atoms with Gasteiger partial charge in [0, 0.05) is 32.1 Å². The van der Waals surface area contributed by atoms with Gasteiger partial charge in [0.25, 0.3) is 0 Å². The van der Waals surface area contributed by atoms with E-state index in [2.05, 4.69) is 5.32 Å². The number of sulfonamides is 1. The lowest BCUT2D eigenvalue weighted by Crippen LogP contribution is -2.41. The SMILES string of the molecule is O=C(Nc1c(F)cccc1N1CCCC1)C1CCN(S(=O)(=O)c2cc(F)ccc2F)CC1. The summed E-state index contributed by atoms with van der Waals surface area (Å²) < 4.78 is 68.5. The van der Waals surface area contributed by atoms with Gasteiger partial charge in [0.2, 0.25) is 15.9 Å². The fraction of sp³-hybridized carbons (Fsp3) is 0.409.